The van der Waals surface area contributed by atoms with Gasteiger partial charge in [0.15, 0.2) is 5.66 Å². The van der Waals surface area contributed by atoms with Gasteiger partial charge in [0.05, 0.1) is 15.6 Å². The Hall–Kier alpha value is -2.05. The van der Waals surface area contributed by atoms with Crippen LogP contribution in [0.2, 0.25) is 0 Å². The average molecular weight is 426 g/mol. The lowest BCUT2D eigenvalue weighted by molar-refractivity contribution is 0.286. The minimum Gasteiger partial charge on any atom is -0.253 e. The van der Waals surface area contributed by atoms with Crippen LogP contribution in [-0.2, 0) is 16.4 Å². The molecule has 2 aromatic rings. The molecule has 4 rings (SSSR count). The number of benzene rings is 2. The van der Waals surface area contributed by atoms with Gasteiger partial charge in [-0.1, -0.05) is 31.4 Å². The smallest absolute Gasteiger partial charge is 0.243 e. The van der Waals surface area contributed by atoms with Crippen LogP contribution >= 0.6 is 0 Å². The number of sulfonamides is 1. The Morgan fingerprint density at radius 3 is 2.03 bits per heavy atom. The highest BCUT2D eigenvalue weighted by Crippen LogP contribution is 2.27. The zero-order valence-electron chi connectivity index (χ0n) is 18.4. The van der Waals surface area contributed by atoms with Crippen molar-refractivity contribution in [3.05, 3.63) is 63.8 Å². The highest BCUT2D eigenvalue weighted by atomic mass is 32.2. The van der Waals surface area contributed by atoms with E-state index in [1.54, 1.807) is 23.5 Å². The molecule has 160 valence electrons. The standard InChI is InChI=1S/C24H31N3O2S/c1-17-14-22-23(15-18(17)2)26-24(3,25-22)16-19-10-12-21(13-11-19)30(28,29)27(4)20-8-6-5-7-9-20/h10-15,20H,5-9,16H2,1-4H3. The maximum absolute atomic E-state index is 13.1. The normalized spacial score (nSPS) is 18.7. The van der Waals surface area contributed by atoms with Crippen molar-refractivity contribution in [2.75, 3.05) is 7.05 Å². The van der Waals surface area contributed by atoms with Crippen LogP contribution in [0.4, 0.5) is 0 Å². The summed E-state index contributed by atoms with van der Waals surface area (Å²) in [4.78, 5) is 10.1. The zero-order valence-corrected chi connectivity index (χ0v) is 19.2. The summed E-state index contributed by atoms with van der Waals surface area (Å²) in [7, 11) is -1.74. The van der Waals surface area contributed by atoms with Gasteiger partial charge in [-0.3, -0.25) is 9.98 Å². The van der Waals surface area contributed by atoms with Crippen LogP contribution in [0.25, 0.3) is 0 Å². The molecule has 1 aliphatic heterocycles. The molecular formula is C24H31N3O2S. The third-order valence-electron chi connectivity index (χ3n) is 6.54. The molecule has 2 aromatic carbocycles. The summed E-state index contributed by atoms with van der Waals surface area (Å²) < 4.78 is 27.7. The third-order valence-corrected chi connectivity index (χ3v) is 8.47. The van der Waals surface area contributed by atoms with Crippen molar-refractivity contribution in [1.82, 2.24) is 4.31 Å². The first-order valence-corrected chi connectivity index (χ1v) is 12.3. The number of aryl methyl sites for hydroxylation is 2. The fourth-order valence-corrected chi connectivity index (χ4v) is 5.98. The maximum atomic E-state index is 13.1. The molecule has 6 heteroatoms. The molecule has 0 bridgehead atoms. The van der Waals surface area contributed by atoms with Gasteiger partial charge in [0.25, 0.3) is 0 Å². The Bertz CT molecular complexity index is 1120. The first kappa shape index (κ1) is 21.2. The molecule has 1 heterocycles. The SMILES string of the molecule is Cc1cc2c(cc1C)=NC(C)(Cc1ccc(S(=O)(=O)N(C)C3CCCCC3)cc1)N=2. The Morgan fingerprint density at radius 2 is 1.50 bits per heavy atom. The van der Waals surface area contributed by atoms with Gasteiger partial charge in [-0.2, -0.15) is 4.31 Å². The van der Waals surface area contributed by atoms with Crippen LogP contribution in [0.5, 0.6) is 0 Å². The van der Waals surface area contributed by atoms with Gasteiger partial charge in [-0.05, 0) is 74.6 Å². The first-order chi connectivity index (χ1) is 14.2. The average Bonchev–Trinajstić information content (AvgIpc) is 3.03. The van der Waals surface area contributed by atoms with Gasteiger partial charge >= 0.3 is 0 Å². The molecule has 0 saturated heterocycles. The lowest BCUT2D eigenvalue weighted by Crippen LogP contribution is -2.38. The van der Waals surface area contributed by atoms with E-state index >= 15 is 0 Å². The van der Waals surface area contributed by atoms with E-state index in [1.165, 1.54) is 17.5 Å². The highest BCUT2D eigenvalue weighted by molar-refractivity contribution is 7.89. The molecule has 0 aromatic heterocycles. The number of nitrogens with zero attached hydrogens (tertiary/aromatic N) is 3. The van der Waals surface area contributed by atoms with E-state index in [0.717, 1.165) is 42.0 Å². The Kier molecular flexibility index (Phi) is 5.58. The van der Waals surface area contributed by atoms with Crippen LogP contribution in [0.15, 0.2) is 51.3 Å². The van der Waals surface area contributed by atoms with Crippen molar-refractivity contribution in [2.45, 2.75) is 75.9 Å². The van der Waals surface area contributed by atoms with Crippen LogP contribution in [0.1, 0.15) is 55.7 Å². The molecule has 30 heavy (non-hydrogen) atoms. The Morgan fingerprint density at radius 1 is 0.967 bits per heavy atom. The topological polar surface area (TPSA) is 62.1 Å². The molecule has 0 unspecified atom stereocenters. The van der Waals surface area contributed by atoms with Gasteiger partial charge in [0.2, 0.25) is 10.0 Å². The second-order valence-electron chi connectivity index (χ2n) is 9.00. The summed E-state index contributed by atoms with van der Waals surface area (Å²) in [6.07, 6.45) is 5.96. The van der Waals surface area contributed by atoms with Gasteiger partial charge < -0.3 is 0 Å². The Labute approximate surface area is 179 Å². The van der Waals surface area contributed by atoms with Crippen molar-refractivity contribution >= 4 is 10.0 Å². The van der Waals surface area contributed by atoms with Crippen molar-refractivity contribution in [3.8, 4) is 0 Å². The van der Waals surface area contributed by atoms with E-state index in [0.29, 0.717) is 11.3 Å². The van der Waals surface area contributed by atoms with E-state index in [2.05, 4.69) is 26.0 Å². The molecular weight excluding hydrogens is 394 g/mol. The summed E-state index contributed by atoms with van der Waals surface area (Å²) in [6, 6.07) is 11.6. The summed E-state index contributed by atoms with van der Waals surface area (Å²) in [6.45, 7) is 6.20. The van der Waals surface area contributed by atoms with Crippen molar-refractivity contribution in [2.24, 2.45) is 9.98 Å². The van der Waals surface area contributed by atoms with Crippen LogP contribution in [-0.4, -0.2) is 31.5 Å². The van der Waals surface area contributed by atoms with E-state index < -0.39 is 15.7 Å². The molecule has 0 spiro atoms. The molecule has 0 radical (unpaired) electrons. The van der Waals surface area contributed by atoms with Gasteiger partial charge in [0.1, 0.15) is 0 Å². The minimum absolute atomic E-state index is 0.115. The molecule has 1 saturated carbocycles. The number of rotatable bonds is 5. The molecule has 1 aliphatic carbocycles. The van der Waals surface area contributed by atoms with Crippen molar-refractivity contribution < 1.29 is 8.42 Å². The van der Waals surface area contributed by atoms with Crippen LogP contribution < -0.4 is 10.7 Å². The van der Waals surface area contributed by atoms with E-state index in [1.807, 2.05) is 19.1 Å². The van der Waals surface area contributed by atoms with Crippen LogP contribution in [0, 0.1) is 13.8 Å². The minimum atomic E-state index is -3.46. The molecule has 0 N–H and O–H groups in total. The van der Waals surface area contributed by atoms with Crippen LogP contribution in [0.3, 0.4) is 0 Å². The summed E-state index contributed by atoms with van der Waals surface area (Å²) in [5.41, 5.74) is 2.91. The van der Waals surface area contributed by atoms with E-state index in [9.17, 15) is 8.42 Å². The van der Waals surface area contributed by atoms with E-state index in [4.69, 9.17) is 9.98 Å². The van der Waals surface area contributed by atoms with E-state index in [-0.39, 0.29) is 6.04 Å². The summed E-state index contributed by atoms with van der Waals surface area (Å²) >= 11 is 0. The second-order valence-corrected chi connectivity index (χ2v) is 11.0. The molecule has 0 atom stereocenters. The number of hydrogen-bond acceptors (Lipinski definition) is 4. The maximum Gasteiger partial charge on any atom is 0.243 e. The molecule has 5 nitrogen and oxygen atoms in total. The predicted molar refractivity (Wildman–Crippen MR) is 119 cm³/mol. The molecule has 0 amide bonds. The molecule has 1 fully saturated rings. The zero-order chi connectivity index (χ0) is 21.5. The largest absolute Gasteiger partial charge is 0.253 e. The van der Waals surface area contributed by atoms with Gasteiger partial charge in [0, 0.05) is 19.5 Å². The summed E-state index contributed by atoms with van der Waals surface area (Å²) in [5.74, 6) is 0. The number of fused-ring (bicyclic) bond motifs is 1. The lowest BCUT2D eigenvalue weighted by Gasteiger charge is -2.30. The third kappa shape index (κ3) is 4.08. The van der Waals surface area contributed by atoms with Crippen molar-refractivity contribution in [3.63, 3.8) is 0 Å². The fourth-order valence-electron chi connectivity index (χ4n) is 4.56. The monoisotopic (exact) mass is 425 g/mol. The first-order valence-electron chi connectivity index (χ1n) is 10.8. The van der Waals surface area contributed by atoms with Gasteiger partial charge in [-0.15, -0.1) is 0 Å². The van der Waals surface area contributed by atoms with Crippen molar-refractivity contribution in [1.29, 1.82) is 0 Å². The Balaban J connectivity index is 1.53. The van der Waals surface area contributed by atoms with Gasteiger partial charge in [-0.25, -0.2) is 8.42 Å². The quantitative estimate of drug-likeness (QED) is 0.736. The highest BCUT2D eigenvalue weighted by Gasteiger charge is 2.30. The lowest BCUT2D eigenvalue weighted by atomic mass is 9.96. The number of hydrogen-bond donors (Lipinski definition) is 0. The second kappa shape index (κ2) is 7.89. The fraction of sp³-hybridized carbons (Fsp3) is 0.500. The predicted octanol–water partition coefficient (Wildman–Crippen LogP) is 3.47. The summed E-state index contributed by atoms with van der Waals surface area (Å²) in [5, 5.41) is 1.88. The molecule has 2 aliphatic rings.